The minimum absolute atomic E-state index is 0.0868. The van der Waals surface area contributed by atoms with Crippen molar-refractivity contribution in [2.45, 2.75) is 0 Å². The number of aromatic nitrogens is 1. The number of rotatable bonds is 2. The fourth-order valence-corrected chi connectivity index (χ4v) is 1.75. The molecule has 1 aromatic heterocycles. The molecule has 0 amide bonds. The van der Waals surface area contributed by atoms with E-state index in [0.717, 1.165) is 0 Å². The normalized spacial score (nSPS) is 9.78. The Hall–Kier alpha value is -2.38. The van der Waals surface area contributed by atoms with Gasteiger partial charge in [-0.1, -0.05) is 17.7 Å². The molecule has 0 atom stereocenters. The first-order chi connectivity index (χ1) is 8.63. The molecule has 0 spiro atoms. The maximum atomic E-state index is 11.1. The van der Waals surface area contributed by atoms with E-state index in [2.05, 4.69) is 4.98 Å². The van der Waals surface area contributed by atoms with Gasteiger partial charge in [-0.15, -0.1) is 0 Å². The van der Waals surface area contributed by atoms with Crippen molar-refractivity contribution in [3.63, 3.8) is 0 Å². The third-order valence-corrected chi connectivity index (χ3v) is 2.78. The van der Waals surface area contributed by atoms with Crippen LogP contribution in [0, 0.1) is 11.3 Å². The monoisotopic (exact) mass is 258 g/mol. The molecule has 0 radical (unpaired) electrons. The first kappa shape index (κ1) is 12.1. The van der Waals surface area contributed by atoms with Gasteiger partial charge in [0, 0.05) is 12.4 Å². The van der Waals surface area contributed by atoms with Crippen molar-refractivity contribution in [1.29, 1.82) is 5.26 Å². The number of pyridine rings is 1. The third-order valence-electron chi connectivity index (χ3n) is 2.45. The van der Waals surface area contributed by atoms with Crippen molar-refractivity contribution in [3.05, 3.63) is 52.8 Å². The molecule has 2 aromatic rings. The maximum Gasteiger partial charge on any atom is 0.337 e. The van der Waals surface area contributed by atoms with Crippen LogP contribution in [0.25, 0.3) is 11.1 Å². The molecule has 4 nitrogen and oxygen atoms in total. The number of carboxylic acid groups (broad SMARTS) is 1. The van der Waals surface area contributed by atoms with Crippen LogP contribution in [0.4, 0.5) is 0 Å². The van der Waals surface area contributed by atoms with Crippen LogP contribution >= 0.6 is 11.6 Å². The Labute approximate surface area is 108 Å². The SMILES string of the molecule is N#Cc1cc(-c2ccncc2C(=O)O)ccc1Cl. The summed E-state index contributed by atoms with van der Waals surface area (Å²) in [5.74, 6) is -1.06. The number of aromatic carboxylic acids is 1. The molecule has 2 rings (SSSR count). The largest absolute Gasteiger partial charge is 0.478 e. The van der Waals surface area contributed by atoms with E-state index < -0.39 is 5.97 Å². The molecule has 88 valence electrons. The number of benzene rings is 1. The molecular weight excluding hydrogens is 252 g/mol. The lowest BCUT2D eigenvalue weighted by Crippen LogP contribution is -2.00. The average molecular weight is 259 g/mol. The predicted octanol–water partition coefficient (Wildman–Crippen LogP) is 2.97. The van der Waals surface area contributed by atoms with E-state index in [1.165, 1.54) is 12.4 Å². The highest BCUT2D eigenvalue weighted by Crippen LogP contribution is 2.27. The number of nitrogens with zero attached hydrogens (tertiary/aromatic N) is 2. The van der Waals surface area contributed by atoms with Gasteiger partial charge in [0.2, 0.25) is 0 Å². The second-order valence-electron chi connectivity index (χ2n) is 3.53. The molecule has 0 aliphatic carbocycles. The first-order valence-electron chi connectivity index (χ1n) is 5.01. The van der Waals surface area contributed by atoms with Gasteiger partial charge in [0.05, 0.1) is 16.1 Å². The molecule has 1 aromatic carbocycles. The quantitative estimate of drug-likeness (QED) is 0.899. The number of nitriles is 1. The summed E-state index contributed by atoms with van der Waals surface area (Å²) in [7, 11) is 0. The fraction of sp³-hybridized carbons (Fsp3) is 0. The number of hydrogen-bond acceptors (Lipinski definition) is 3. The predicted molar refractivity (Wildman–Crippen MR) is 66.4 cm³/mol. The highest BCUT2D eigenvalue weighted by atomic mass is 35.5. The Morgan fingerprint density at radius 2 is 2.17 bits per heavy atom. The number of hydrogen-bond donors (Lipinski definition) is 1. The van der Waals surface area contributed by atoms with Crippen LogP contribution in [0.2, 0.25) is 5.02 Å². The molecular formula is C13H7ClN2O2. The molecule has 5 heteroatoms. The van der Waals surface area contributed by atoms with Crippen molar-refractivity contribution in [2.24, 2.45) is 0 Å². The van der Waals surface area contributed by atoms with Crippen molar-refractivity contribution in [1.82, 2.24) is 4.98 Å². The van der Waals surface area contributed by atoms with Crippen molar-refractivity contribution >= 4 is 17.6 Å². The van der Waals surface area contributed by atoms with Gasteiger partial charge in [-0.3, -0.25) is 4.98 Å². The van der Waals surface area contributed by atoms with Crippen LogP contribution in [0.15, 0.2) is 36.7 Å². The van der Waals surface area contributed by atoms with E-state index in [0.29, 0.717) is 21.7 Å². The van der Waals surface area contributed by atoms with Gasteiger partial charge < -0.3 is 5.11 Å². The van der Waals surface area contributed by atoms with Crippen LogP contribution in [-0.4, -0.2) is 16.1 Å². The molecule has 0 saturated heterocycles. The molecule has 18 heavy (non-hydrogen) atoms. The average Bonchev–Trinajstić information content (AvgIpc) is 2.39. The van der Waals surface area contributed by atoms with Gasteiger partial charge in [0.1, 0.15) is 6.07 Å². The van der Waals surface area contributed by atoms with E-state index in [1.807, 2.05) is 6.07 Å². The second-order valence-corrected chi connectivity index (χ2v) is 3.94. The summed E-state index contributed by atoms with van der Waals surface area (Å²) in [6, 6.07) is 8.35. The van der Waals surface area contributed by atoms with Gasteiger partial charge >= 0.3 is 5.97 Å². The highest BCUT2D eigenvalue weighted by molar-refractivity contribution is 6.31. The second kappa shape index (κ2) is 4.86. The fourth-order valence-electron chi connectivity index (χ4n) is 1.60. The smallest absolute Gasteiger partial charge is 0.337 e. The standard InChI is InChI=1S/C13H7ClN2O2/c14-12-2-1-8(5-9(12)6-15)10-3-4-16-7-11(10)13(17)18/h1-5,7H,(H,17,18). The van der Waals surface area contributed by atoms with Crippen LogP contribution in [0.1, 0.15) is 15.9 Å². The van der Waals surface area contributed by atoms with Gasteiger partial charge in [-0.05, 0) is 29.3 Å². The molecule has 0 saturated carbocycles. The topological polar surface area (TPSA) is 74.0 Å². The van der Waals surface area contributed by atoms with Crippen LogP contribution in [-0.2, 0) is 0 Å². The summed E-state index contributed by atoms with van der Waals surface area (Å²) in [5, 5.41) is 18.3. The maximum absolute atomic E-state index is 11.1. The Bertz CT molecular complexity index is 662. The number of carboxylic acids is 1. The zero-order valence-corrected chi connectivity index (χ0v) is 9.85. The molecule has 0 bridgehead atoms. The minimum Gasteiger partial charge on any atom is -0.478 e. The van der Waals surface area contributed by atoms with Gasteiger partial charge in [0.15, 0.2) is 0 Å². The van der Waals surface area contributed by atoms with Gasteiger partial charge in [-0.25, -0.2) is 4.79 Å². The number of carbonyl (C=O) groups is 1. The zero-order valence-electron chi connectivity index (χ0n) is 9.09. The first-order valence-corrected chi connectivity index (χ1v) is 5.38. The summed E-state index contributed by atoms with van der Waals surface area (Å²) >= 11 is 5.83. The van der Waals surface area contributed by atoms with Crippen molar-refractivity contribution in [2.75, 3.05) is 0 Å². The molecule has 0 unspecified atom stereocenters. The Morgan fingerprint density at radius 1 is 1.39 bits per heavy atom. The lowest BCUT2D eigenvalue weighted by Gasteiger charge is -2.06. The van der Waals surface area contributed by atoms with E-state index in [1.54, 1.807) is 24.3 Å². The number of halogens is 1. The molecule has 1 heterocycles. The van der Waals surface area contributed by atoms with E-state index in [-0.39, 0.29) is 5.56 Å². The van der Waals surface area contributed by atoms with Crippen molar-refractivity contribution < 1.29 is 9.90 Å². The lowest BCUT2D eigenvalue weighted by molar-refractivity contribution is 0.0697. The van der Waals surface area contributed by atoms with E-state index in [9.17, 15) is 4.79 Å². The third kappa shape index (κ3) is 2.17. The summed E-state index contributed by atoms with van der Waals surface area (Å²) in [6.45, 7) is 0. The molecule has 0 aliphatic rings. The van der Waals surface area contributed by atoms with Crippen LogP contribution in [0.5, 0.6) is 0 Å². The van der Waals surface area contributed by atoms with Crippen LogP contribution in [0.3, 0.4) is 0 Å². The minimum atomic E-state index is -1.06. The summed E-state index contributed by atoms with van der Waals surface area (Å²) in [5.41, 5.74) is 1.52. The summed E-state index contributed by atoms with van der Waals surface area (Å²) in [4.78, 5) is 14.9. The van der Waals surface area contributed by atoms with Crippen molar-refractivity contribution in [3.8, 4) is 17.2 Å². The van der Waals surface area contributed by atoms with Gasteiger partial charge in [-0.2, -0.15) is 5.26 Å². The summed E-state index contributed by atoms with van der Waals surface area (Å²) in [6.07, 6.45) is 2.78. The Morgan fingerprint density at radius 3 is 2.83 bits per heavy atom. The van der Waals surface area contributed by atoms with E-state index >= 15 is 0 Å². The molecule has 0 fully saturated rings. The highest BCUT2D eigenvalue weighted by Gasteiger charge is 2.12. The lowest BCUT2D eigenvalue weighted by atomic mass is 10.0. The Kier molecular flexibility index (Phi) is 3.26. The molecule has 0 aliphatic heterocycles. The Balaban J connectivity index is 2.63. The van der Waals surface area contributed by atoms with Gasteiger partial charge in [0.25, 0.3) is 0 Å². The van der Waals surface area contributed by atoms with E-state index in [4.69, 9.17) is 22.0 Å². The summed E-state index contributed by atoms with van der Waals surface area (Å²) < 4.78 is 0. The molecule has 1 N–H and O–H groups in total. The van der Waals surface area contributed by atoms with Crippen LogP contribution < -0.4 is 0 Å². The zero-order chi connectivity index (χ0) is 13.1.